The highest BCUT2D eigenvalue weighted by Crippen LogP contribution is 2.65. The molecule has 0 amide bonds. The molecule has 2 nitrogen and oxygen atoms in total. The Labute approximate surface area is 133 Å². The van der Waals surface area contributed by atoms with E-state index in [4.69, 9.17) is 0 Å². The van der Waals surface area contributed by atoms with Crippen molar-refractivity contribution in [1.29, 1.82) is 0 Å². The summed E-state index contributed by atoms with van der Waals surface area (Å²) in [4.78, 5) is 11.9. The van der Waals surface area contributed by atoms with Crippen LogP contribution in [0.3, 0.4) is 0 Å². The summed E-state index contributed by atoms with van der Waals surface area (Å²) in [6.45, 7) is 8.09. The van der Waals surface area contributed by atoms with Crippen LogP contribution < -0.4 is 5.32 Å². The lowest BCUT2D eigenvalue weighted by molar-refractivity contribution is -0.119. The molecule has 1 aromatic carbocycles. The predicted molar refractivity (Wildman–Crippen MR) is 84.7 cm³/mol. The maximum absolute atomic E-state index is 14.4. The van der Waals surface area contributed by atoms with E-state index in [1.165, 1.54) is 6.07 Å². The first-order chi connectivity index (χ1) is 9.68. The van der Waals surface area contributed by atoms with Crippen LogP contribution in [0.15, 0.2) is 22.7 Å². The number of fused-ring (bicyclic) bond motifs is 1. The lowest BCUT2D eigenvalue weighted by Crippen LogP contribution is -2.48. The molecule has 1 aliphatic carbocycles. The van der Waals surface area contributed by atoms with Gasteiger partial charge < -0.3 is 5.32 Å². The molecule has 1 aliphatic heterocycles. The number of rotatable bonds is 2. The van der Waals surface area contributed by atoms with Crippen LogP contribution in [0, 0.1) is 17.2 Å². The monoisotopic (exact) mass is 353 g/mol. The fraction of sp³-hybridized carbons (Fsp3) is 0.588. The van der Waals surface area contributed by atoms with E-state index >= 15 is 0 Å². The van der Waals surface area contributed by atoms with E-state index in [0.29, 0.717) is 0 Å². The second kappa shape index (κ2) is 4.63. The lowest BCUT2D eigenvalue weighted by atomic mass is 9.74. The Morgan fingerprint density at radius 1 is 1.43 bits per heavy atom. The number of hydrogen-bond acceptors (Lipinski definition) is 2. The summed E-state index contributed by atoms with van der Waals surface area (Å²) in [5.74, 6) is 0.202. The molecular weight excluding hydrogens is 333 g/mol. The number of benzene rings is 1. The second-order valence-electron chi connectivity index (χ2n) is 7.53. The van der Waals surface area contributed by atoms with Crippen molar-refractivity contribution in [1.82, 2.24) is 5.32 Å². The van der Waals surface area contributed by atoms with Gasteiger partial charge in [-0.05, 0) is 48.4 Å². The Morgan fingerprint density at radius 2 is 2.10 bits per heavy atom. The van der Waals surface area contributed by atoms with Crippen molar-refractivity contribution >= 4 is 21.7 Å². The smallest absolute Gasteiger partial charge is 0.147 e. The molecule has 2 aliphatic rings. The molecule has 114 valence electrons. The minimum Gasteiger partial charge on any atom is -0.303 e. The fourth-order valence-electron chi connectivity index (χ4n) is 4.24. The van der Waals surface area contributed by atoms with Crippen LogP contribution in [0.2, 0.25) is 0 Å². The molecular formula is C17H21BrFNO. The first-order valence-electron chi connectivity index (χ1n) is 7.40. The molecule has 1 heterocycles. The molecule has 1 saturated heterocycles. The number of ketones is 1. The number of halogens is 2. The Kier molecular flexibility index (Phi) is 3.34. The molecule has 21 heavy (non-hydrogen) atoms. The summed E-state index contributed by atoms with van der Waals surface area (Å²) >= 11 is 3.45. The zero-order valence-corrected chi connectivity index (χ0v) is 14.4. The van der Waals surface area contributed by atoms with Crippen molar-refractivity contribution in [2.45, 2.75) is 51.6 Å². The number of Topliss-reactive ketones (excluding diaryl/α,β-unsaturated/α-hetero) is 1. The molecule has 1 N–H and O–H groups in total. The molecule has 0 bridgehead atoms. The Balaban J connectivity index is 2.11. The van der Waals surface area contributed by atoms with Gasteiger partial charge in [-0.15, -0.1) is 0 Å². The summed E-state index contributed by atoms with van der Waals surface area (Å²) in [5.41, 5.74) is 0.467. The van der Waals surface area contributed by atoms with Gasteiger partial charge in [0.05, 0.1) is 6.04 Å². The second-order valence-corrected chi connectivity index (χ2v) is 8.44. The quantitative estimate of drug-likeness (QED) is 0.875. The average Bonchev–Trinajstić information content (AvgIpc) is 2.99. The number of hydrogen-bond donors (Lipinski definition) is 1. The van der Waals surface area contributed by atoms with Gasteiger partial charge in [-0.3, -0.25) is 4.79 Å². The van der Waals surface area contributed by atoms with Crippen molar-refractivity contribution in [2.75, 3.05) is 0 Å². The average molecular weight is 354 g/mol. The molecule has 4 heteroatoms. The summed E-state index contributed by atoms with van der Waals surface area (Å²) in [6.07, 6.45) is 0.888. The first kappa shape index (κ1) is 15.2. The summed E-state index contributed by atoms with van der Waals surface area (Å²) in [7, 11) is 0. The van der Waals surface area contributed by atoms with Gasteiger partial charge in [-0.25, -0.2) is 4.39 Å². The fourth-order valence-corrected chi connectivity index (χ4v) is 4.60. The van der Waals surface area contributed by atoms with E-state index in [-0.39, 0.29) is 40.4 Å². The Morgan fingerprint density at radius 3 is 2.67 bits per heavy atom. The van der Waals surface area contributed by atoms with Gasteiger partial charge in [0, 0.05) is 15.9 Å². The van der Waals surface area contributed by atoms with Gasteiger partial charge in [0.25, 0.3) is 0 Å². The molecule has 1 aromatic rings. The highest BCUT2D eigenvalue weighted by atomic mass is 79.9. The molecule has 2 unspecified atom stereocenters. The van der Waals surface area contributed by atoms with Crippen molar-refractivity contribution in [3.05, 3.63) is 34.1 Å². The van der Waals surface area contributed by atoms with E-state index in [1.807, 2.05) is 6.07 Å². The topological polar surface area (TPSA) is 29.1 Å². The Hall–Kier alpha value is -0.740. The third-order valence-corrected chi connectivity index (χ3v) is 5.55. The highest BCUT2D eigenvalue weighted by molar-refractivity contribution is 9.10. The number of piperidine rings is 1. The maximum Gasteiger partial charge on any atom is 0.147 e. The van der Waals surface area contributed by atoms with Crippen LogP contribution >= 0.6 is 15.9 Å². The number of carbonyl (C=O) groups excluding carboxylic acids is 1. The van der Waals surface area contributed by atoms with Crippen LogP contribution in [0.5, 0.6) is 0 Å². The molecule has 0 radical (unpaired) electrons. The molecule has 0 spiro atoms. The maximum atomic E-state index is 14.4. The van der Waals surface area contributed by atoms with Gasteiger partial charge in [-0.2, -0.15) is 0 Å². The van der Waals surface area contributed by atoms with Crippen molar-refractivity contribution in [3.8, 4) is 0 Å². The Bertz CT molecular complexity index is 609. The normalized spacial score (nSPS) is 34.7. The molecule has 4 atom stereocenters. The van der Waals surface area contributed by atoms with Gasteiger partial charge in [-0.1, -0.05) is 36.7 Å². The minimum absolute atomic E-state index is 0.0340. The third-order valence-electron chi connectivity index (χ3n) is 5.06. The van der Waals surface area contributed by atoms with Gasteiger partial charge in [0.2, 0.25) is 0 Å². The first-order valence-corrected chi connectivity index (χ1v) is 8.19. The van der Waals surface area contributed by atoms with Gasteiger partial charge in [0.15, 0.2) is 0 Å². The zero-order chi connectivity index (χ0) is 15.6. The van der Waals surface area contributed by atoms with E-state index in [2.05, 4.69) is 42.0 Å². The van der Waals surface area contributed by atoms with Crippen molar-refractivity contribution in [3.63, 3.8) is 0 Å². The van der Waals surface area contributed by atoms with Crippen LogP contribution in [0.4, 0.5) is 4.39 Å². The van der Waals surface area contributed by atoms with Gasteiger partial charge in [0.1, 0.15) is 11.6 Å². The molecule has 1 saturated carbocycles. The third kappa shape index (κ3) is 2.18. The number of nitrogens with one attached hydrogen (secondary N) is 1. The molecule has 3 rings (SSSR count). The van der Waals surface area contributed by atoms with E-state index in [1.54, 1.807) is 13.0 Å². The SMILES string of the molecule is CC(=O)C1NC(C(C)(C)C)[C@@]2(c3cc(Br)ccc3F)C[C@@H]12. The van der Waals surface area contributed by atoms with Crippen LogP contribution in [0.25, 0.3) is 0 Å². The summed E-state index contributed by atoms with van der Waals surface area (Å²) in [5, 5.41) is 3.48. The summed E-state index contributed by atoms with van der Waals surface area (Å²) in [6, 6.07) is 5.09. The number of carbonyl (C=O) groups is 1. The lowest BCUT2D eigenvalue weighted by Gasteiger charge is -2.36. The van der Waals surface area contributed by atoms with Crippen molar-refractivity contribution < 1.29 is 9.18 Å². The van der Waals surface area contributed by atoms with Gasteiger partial charge >= 0.3 is 0 Å². The highest BCUT2D eigenvalue weighted by Gasteiger charge is 2.71. The van der Waals surface area contributed by atoms with E-state index in [0.717, 1.165) is 16.5 Å². The van der Waals surface area contributed by atoms with Crippen molar-refractivity contribution in [2.24, 2.45) is 11.3 Å². The van der Waals surface area contributed by atoms with Crippen LogP contribution in [0.1, 0.15) is 39.7 Å². The standard InChI is InChI=1S/C17H21BrFNO/c1-9(21)14-12-8-17(12,15(20-14)16(2,3)4)11-7-10(18)5-6-13(11)19/h5-7,12,14-15,20H,8H2,1-4H3/t12-,14?,15?,17+/m0/s1. The van der Waals surface area contributed by atoms with Crippen LogP contribution in [-0.4, -0.2) is 17.9 Å². The predicted octanol–water partition coefficient (Wildman–Crippen LogP) is 3.82. The molecule has 0 aromatic heterocycles. The van der Waals surface area contributed by atoms with Crippen LogP contribution in [-0.2, 0) is 10.2 Å². The zero-order valence-electron chi connectivity index (χ0n) is 12.8. The summed E-state index contributed by atoms with van der Waals surface area (Å²) < 4.78 is 15.3. The largest absolute Gasteiger partial charge is 0.303 e. The van der Waals surface area contributed by atoms with E-state index in [9.17, 15) is 9.18 Å². The minimum atomic E-state index is -0.248. The molecule has 2 fully saturated rings. The van der Waals surface area contributed by atoms with E-state index < -0.39 is 0 Å².